The predicted octanol–water partition coefficient (Wildman–Crippen LogP) is 4.16. The number of fused-ring (bicyclic) bond motifs is 1. The van der Waals surface area contributed by atoms with E-state index in [1.807, 2.05) is 6.92 Å². The first-order valence-electron chi connectivity index (χ1n) is 9.58. The first kappa shape index (κ1) is 16.9. The van der Waals surface area contributed by atoms with Gasteiger partial charge in [-0.1, -0.05) is 25.1 Å². The molecule has 3 aromatic rings. The summed E-state index contributed by atoms with van der Waals surface area (Å²) in [7, 11) is 0. The smallest absolute Gasteiger partial charge is 0.134 e. The zero-order valence-electron chi connectivity index (χ0n) is 15.6. The van der Waals surface area contributed by atoms with E-state index in [2.05, 4.69) is 68.6 Å². The Hall–Kier alpha value is -2.56. The Morgan fingerprint density at radius 2 is 2.15 bits per heavy atom. The average molecular weight is 349 g/mol. The number of benzene rings is 1. The highest BCUT2D eigenvalue weighted by Crippen LogP contribution is 2.23. The fourth-order valence-electron chi connectivity index (χ4n) is 3.87. The number of aryl methyl sites for hydroxylation is 1. The maximum atomic E-state index is 4.66. The molecule has 1 aromatic carbocycles. The Bertz CT molecular complexity index is 885. The van der Waals surface area contributed by atoms with Gasteiger partial charge in [0.2, 0.25) is 0 Å². The van der Waals surface area contributed by atoms with Crippen molar-refractivity contribution in [3.63, 3.8) is 0 Å². The lowest BCUT2D eigenvalue weighted by Gasteiger charge is -2.32. The van der Waals surface area contributed by atoms with E-state index < -0.39 is 0 Å². The molecule has 0 aliphatic carbocycles. The third-order valence-corrected chi connectivity index (χ3v) is 5.18. The molecule has 1 unspecified atom stereocenters. The zero-order chi connectivity index (χ0) is 17.9. The molecule has 2 aromatic heterocycles. The molecule has 5 heteroatoms. The highest BCUT2D eigenvalue weighted by molar-refractivity contribution is 5.83. The number of aromatic amines is 1. The van der Waals surface area contributed by atoms with Gasteiger partial charge >= 0.3 is 0 Å². The van der Waals surface area contributed by atoms with Gasteiger partial charge in [-0.2, -0.15) is 0 Å². The van der Waals surface area contributed by atoms with E-state index in [4.69, 9.17) is 0 Å². The van der Waals surface area contributed by atoms with Crippen LogP contribution in [0.1, 0.15) is 31.2 Å². The van der Waals surface area contributed by atoms with E-state index in [0.29, 0.717) is 0 Å². The van der Waals surface area contributed by atoms with Gasteiger partial charge in [-0.3, -0.25) is 0 Å². The lowest BCUT2D eigenvalue weighted by atomic mass is 10.0. The topological polar surface area (TPSA) is 56.8 Å². The summed E-state index contributed by atoms with van der Waals surface area (Å²) in [4.78, 5) is 15.0. The van der Waals surface area contributed by atoms with Crippen molar-refractivity contribution in [3.05, 3.63) is 47.9 Å². The summed E-state index contributed by atoms with van der Waals surface area (Å²) in [6.07, 6.45) is 5.63. The minimum Gasteiger partial charge on any atom is -0.370 e. The molecule has 5 nitrogen and oxygen atoms in total. The van der Waals surface area contributed by atoms with Crippen LogP contribution < -0.4 is 10.2 Å². The first-order valence-corrected chi connectivity index (χ1v) is 9.58. The molecule has 1 aliphatic heterocycles. The molecular weight excluding hydrogens is 322 g/mol. The molecule has 0 spiro atoms. The Morgan fingerprint density at radius 1 is 1.27 bits per heavy atom. The minimum atomic E-state index is 0.734. The van der Waals surface area contributed by atoms with Crippen molar-refractivity contribution in [1.29, 1.82) is 0 Å². The predicted molar refractivity (Wildman–Crippen MR) is 108 cm³/mol. The van der Waals surface area contributed by atoms with Gasteiger partial charge in [0.05, 0.1) is 0 Å². The van der Waals surface area contributed by atoms with E-state index >= 15 is 0 Å². The number of rotatable bonds is 5. The standard InChI is InChI=1S/C21H27N5/c1-15-6-5-11-26(14-15)21-12-20(24-16(2)25-21)22-10-9-17-13-23-19-8-4-3-7-18(17)19/h3-4,7-8,12-13,15,23H,5-6,9-11,14H2,1-2H3,(H,22,24,25). The number of nitrogens with zero attached hydrogens (tertiary/aromatic N) is 3. The lowest BCUT2D eigenvalue weighted by molar-refractivity contribution is 0.444. The SMILES string of the molecule is Cc1nc(NCCc2c[nH]c3ccccc23)cc(N2CCCC(C)C2)n1. The number of nitrogens with one attached hydrogen (secondary N) is 2. The van der Waals surface area contributed by atoms with Gasteiger partial charge in [0.15, 0.2) is 0 Å². The number of hydrogen-bond acceptors (Lipinski definition) is 4. The second-order valence-corrected chi connectivity index (χ2v) is 7.39. The molecule has 2 N–H and O–H groups in total. The molecule has 136 valence electrons. The molecule has 1 saturated heterocycles. The summed E-state index contributed by atoms with van der Waals surface area (Å²) < 4.78 is 0. The van der Waals surface area contributed by atoms with Crippen LogP contribution in [-0.2, 0) is 6.42 Å². The molecule has 1 atom stereocenters. The van der Waals surface area contributed by atoms with E-state index in [0.717, 1.165) is 49.4 Å². The van der Waals surface area contributed by atoms with Crippen LogP contribution in [0, 0.1) is 12.8 Å². The monoisotopic (exact) mass is 349 g/mol. The van der Waals surface area contributed by atoms with Crippen molar-refractivity contribution in [1.82, 2.24) is 15.0 Å². The molecule has 0 amide bonds. The third-order valence-electron chi connectivity index (χ3n) is 5.18. The molecule has 1 fully saturated rings. The van der Waals surface area contributed by atoms with Gasteiger partial charge in [-0.05, 0) is 43.7 Å². The maximum absolute atomic E-state index is 4.66. The molecule has 0 saturated carbocycles. The van der Waals surface area contributed by atoms with Gasteiger partial charge in [-0.15, -0.1) is 0 Å². The number of H-pyrrole nitrogens is 1. The molecule has 1 aliphatic rings. The molecule has 4 rings (SSSR count). The van der Waals surface area contributed by atoms with E-state index in [1.54, 1.807) is 0 Å². The van der Waals surface area contributed by atoms with E-state index in [-0.39, 0.29) is 0 Å². The van der Waals surface area contributed by atoms with Gasteiger partial charge in [0.1, 0.15) is 17.5 Å². The fraction of sp³-hybridized carbons (Fsp3) is 0.429. The van der Waals surface area contributed by atoms with Gasteiger partial charge in [0, 0.05) is 42.8 Å². The van der Waals surface area contributed by atoms with Crippen LogP contribution in [0.25, 0.3) is 10.9 Å². The summed E-state index contributed by atoms with van der Waals surface area (Å²) >= 11 is 0. The summed E-state index contributed by atoms with van der Waals surface area (Å²) in [5, 5.41) is 4.79. The van der Waals surface area contributed by atoms with Gasteiger partial charge in [0.25, 0.3) is 0 Å². The number of para-hydroxylation sites is 1. The van der Waals surface area contributed by atoms with Crippen molar-refractivity contribution in [2.45, 2.75) is 33.1 Å². The number of hydrogen-bond donors (Lipinski definition) is 2. The Morgan fingerprint density at radius 3 is 3.04 bits per heavy atom. The first-order chi connectivity index (χ1) is 12.7. The van der Waals surface area contributed by atoms with Crippen LogP contribution in [0.15, 0.2) is 36.5 Å². The van der Waals surface area contributed by atoms with Crippen molar-refractivity contribution in [2.24, 2.45) is 5.92 Å². The van der Waals surface area contributed by atoms with Crippen LogP contribution in [0.4, 0.5) is 11.6 Å². The normalized spacial score (nSPS) is 17.6. The molecular formula is C21H27N5. The Balaban J connectivity index is 1.43. The number of piperidine rings is 1. The second kappa shape index (κ2) is 7.36. The lowest BCUT2D eigenvalue weighted by Crippen LogP contribution is -2.35. The summed E-state index contributed by atoms with van der Waals surface area (Å²) in [5.74, 6) is 3.54. The van der Waals surface area contributed by atoms with E-state index in [9.17, 15) is 0 Å². The summed E-state index contributed by atoms with van der Waals surface area (Å²) in [6.45, 7) is 7.33. The molecule has 3 heterocycles. The Labute approximate surface area is 154 Å². The van der Waals surface area contributed by atoms with Crippen molar-refractivity contribution in [2.75, 3.05) is 29.9 Å². The maximum Gasteiger partial charge on any atom is 0.134 e. The average Bonchev–Trinajstić information content (AvgIpc) is 3.05. The number of anilines is 2. The van der Waals surface area contributed by atoms with Gasteiger partial charge < -0.3 is 15.2 Å². The second-order valence-electron chi connectivity index (χ2n) is 7.39. The highest BCUT2D eigenvalue weighted by Gasteiger charge is 2.18. The van der Waals surface area contributed by atoms with Gasteiger partial charge in [-0.25, -0.2) is 9.97 Å². The van der Waals surface area contributed by atoms with Crippen molar-refractivity contribution in [3.8, 4) is 0 Å². The minimum absolute atomic E-state index is 0.734. The largest absolute Gasteiger partial charge is 0.370 e. The molecule has 0 bridgehead atoms. The summed E-state index contributed by atoms with van der Waals surface area (Å²) in [6, 6.07) is 10.5. The Kier molecular flexibility index (Phi) is 4.78. The van der Waals surface area contributed by atoms with Crippen LogP contribution in [0.3, 0.4) is 0 Å². The van der Waals surface area contributed by atoms with Crippen LogP contribution >= 0.6 is 0 Å². The fourth-order valence-corrected chi connectivity index (χ4v) is 3.87. The third kappa shape index (κ3) is 3.66. The zero-order valence-corrected chi connectivity index (χ0v) is 15.6. The highest BCUT2D eigenvalue weighted by atomic mass is 15.2. The van der Waals surface area contributed by atoms with E-state index in [1.165, 1.54) is 29.3 Å². The van der Waals surface area contributed by atoms with Crippen molar-refractivity contribution < 1.29 is 0 Å². The van der Waals surface area contributed by atoms with Crippen LogP contribution in [0.2, 0.25) is 0 Å². The molecule has 0 radical (unpaired) electrons. The van der Waals surface area contributed by atoms with Crippen LogP contribution in [0.5, 0.6) is 0 Å². The van der Waals surface area contributed by atoms with Crippen LogP contribution in [-0.4, -0.2) is 34.6 Å². The quantitative estimate of drug-likeness (QED) is 0.726. The van der Waals surface area contributed by atoms with Crippen molar-refractivity contribution >= 4 is 22.5 Å². The summed E-state index contributed by atoms with van der Waals surface area (Å²) in [5.41, 5.74) is 2.53. The molecule has 26 heavy (non-hydrogen) atoms. The number of aromatic nitrogens is 3.